The van der Waals surface area contributed by atoms with Crippen molar-refractivity contribution in [1.82, 2.24) is 19.9 Å². The summed E-state index contributed by atoms with van der Waals surface area (Å²) in [7, 11) is 0. The number of Topliss-reactive ketones (excluding diaryl/α,β-unsaturated/α-hetero) is 1. The molecule has 0 saturated carbocycles. The smallest absolute Gasteiger partial charge is 0.410 e. The third kappa shape index (κ3) is 8.62. The third-order valence-electron chi connectivity index (χ3n) is 7.79. The fourth-order valence-electron chi connectivity index (χ4n) is 5.83. The van der Waals surface area contributed by atoms with E-state index in [1.807, 2.05) is 45.9 Å². The number of anilines is 1. The van der Waals surface area contributed by atoms with Crippen molar-refractivity contribution in [1.29, 1.82) is 0 Å². The van der Waals surface area contributed by atoms with Gasteiger partial charge in [0, 0.05) is 55.2 Å². The number of piperidine rings is 1. The Hall–Kier alpha value is -4.67. The highest BCUT2D eigenvalue weighted by atomic mass is 19.1. The first kappa shape index (κ1) is 34.7. The number of nitrogens with zero attached hydrogens (tertiary/aromatic N) is 4. The maximum Gasteiger partial charge on any atom is 0.410 e. The van der Waals surface area contributed by atoms with Crippen molar-refractivity contribution in [2.45, 2.75) is 85.5 Å². The number of likely N-dealkylation sites (tertiary alicyclic amines) is 1. The third-order valence-corrected chi connectivity index (χ3v) is 7.79. The number of alkyl halides is 1. The van der Waals surface area contributed by atoms with Crippen molar-refractivity contribution in [3.05, 3.63) is 71.8 Å². The van der Waals surface area contributed by atoms with E-state index < -0.39 is 29.7 Å². The van der Waals surface area contributed by atoms with E-state index >= 15 is 4.39 Å². The number of hydrogen-bond donors (Lipinski definition) is 1. The van der Waals surface area contributed by atoms with E-state index in [1.165, 1.54) is 11.0 Å². The van der Waals surface area contributed by atoms with Crippen LogP contribution in [-0.2, 0) is 16.0 Å². The summed E-state index contributed by atoms with van der Waals surface area (Å²) in [5.41, 5.74) is 1.31. The summed E-state index contributed by atoms with van der Waals surface area (Å²) in [6.07, 6.45) is 1.87. The molecule has 2 aromatic carbocycles. The first-order valence-electron chi connectivity index (χ1n) is 16.1. The van der Waals surface area contributed by atoms with Gasteiger partial charge in [-0.25, -0.2) is 28.5 Å². The zero-order chi connectivity index (χ0) is 34.8. The van der Waals surface area contributed by atoms with Gasteiger partial charge in [0.2, 0.25) is 11.8 Å². The highest BCUT2D eigenvalue weighted by Crippen LogP contribution is 2.38. The van der Waals surface area contributed by atoms with Gasteiger partial charge in [-0.05, 0) is 74.4 Å². The number of halogens is 2. The molecule has 1 N–H and O–H groups in total. The molecule has 2 atom stereocenters. The number of rotatable bonds is 8. The Balaban J connectivity index is 1.41. The topological polar surface area (TPSA) is 107 Å². The summed E-state index contributed by atoms with van der Waals surface area (Å²) < 4.78 is 41.8. The molecule has 5 rings (SSSR count). The Morgan fingerprint density at radius 1 is 0.979 bits per heavy atom. The van der Waals surface area contributed by atoms with Gasteiger partial charge in [0.1, 0.15) is 29.1 Å². The molecule has 1 fully saturated rings. The normalized spacial score (nSPS) is 16.9. The summed E-state index contributed by atoms with van der Waals surface area (Å²) in [6.45, 7) is 13.3. The average Bonchev–Trinajstić information content (AvgIpc) is 2.98. The number of aryl methyl sites for hydroxylation is 1. The van der Waals surface area contributed by atoms with Crippen LogP contribution in [-0.4, -0.2) is 62.6 Å². The summed E-state index contributed by atoms with van der Waals surface area (Å²) in [4.78, 5) is 40.4. The molecule has 0 radical (unpaired) electrons. The predicted octanol–water partition coefficient (Wildman–Crippen LogP) is 8.24. The van der Waals surface area contributed by atoms with E-state index in [2.05, 4.69) is 20.3 Å². The average molecular weight is 660 g/mol. The number of ketones is 1. The van der Waals surface area contributed by atoms with E-state index in [4.69, 9.17) is 9.47 Å². The maximum atomic E-state index is 15.1. The van der Waals surface area contributed by atoms with Gasteiger partial charge in [-0.15, -0.1) is 0 Å². The molecule has 9 nitrogen and oxygen atoms in total. The van der Waals surface area contributed by atoms with E-state index in [1.54, 1.807) is 51.4 Å². The Kier molecular flexibility index (Phi) is 9.98. The molecule has 0 bridgehead atoms. The Morgan fingerprint density at radius 2 is 1.73 bits per heavy atom. The Labute approximate surface area is 280 Å². The van der Waals surface area contributed by atoms with Crippen molar-refractivity contribution < 1.29 is 27.8 Å². The quantitative estimate of drug-likeness (QED) is 0.202. The Bertz CT molecular complexity index is 1820. The van der Waals surface area contributed by atoms with E-state index in [-0.39, 0.29) is 49.0 Å². The number of benzene rings is 2. The molecule has 3 heterocycles. The molecular formula is C37H43F2N5O4. The molecule has 0 spiro atoms. The lowest BCUT2D eigenvalue weighted by Gasteiger charge is -2.36. The number of ether oxygens (including phenoxy) is 2. The SMILES string of the molecule is Cc1ccc2c(CC(=O)CC(C)(C)C)c(F)ccc2c1Oc1ncccc1-c1ccnc(N[C@H]2C[C@H](F)CN(C(=O)OC(C)(C)C)C2)n1. The summed E-state index contributed by atoms with van der Waals surface area (Å²) in [5.74, 6) is 0.537. The van der Waals surface area contributed by atoms with Crippen LogP contribution in [0, 0.1) is 18.2 Å². The molecule has 1 aliphatic heterocycles. The number of carbonyl (C=O) groups excluding carboxylic acids is 2. The Morgan fingerprint density at radius 3 is 2.46 bits per heavy atom. The minimum Gasteiger partial charge on any atom is -0.444 e. The maximum absolute atomic E-state index is 15.1. The molecule has 1 amide bonds. The number of aromatic nitrogens is 3. The highest BCUT2D eigenvalue weighted by molar-refractivity contribution is 5.95. The molecule has 2 aromatic heterocycles. The molecule has 0 unspecified atom stereocenters. The molecule has 0 aliphatic carbocycles. The molecule has 254 valence electrons. The van der Waals surface area contributed by atoms with E-state index in [9.17, 15) is 14.0 Å². The van der Waals surface area contributed by atoms with Gasteiger partial charge in [0.25, 0.3) is 0 Å². The zero-order valence-electron chi connectivity index (χ0n) is 28.6. The second-order valence-corrected chi connectivity index (χ2v) is 14.6. The minimum atomic E-state index is -1.24. The van der Waals surface area contributed by atoms with Gasteiger partial charge >= 0.3 is 6.09 Å². The summed E-state index contributed by atoms with van der Waals surface area (Å²) >= 11 is 0. The lowest BCUT2D eigenvalue weighted by atomic mass is 9.87. The number of amides is 1. The van der Waals surface area contributed by atoms with Gasteiger partial charge in [-0.3, -0.25) is 4.79 Å². The molecule has 48 heavy (non-hydrogen) atoms. The first-order chi connectivity index (χ1) is 22.6. The van der Waals surface area contributed by atoms with Crippen LogP contribution in [0.15, 0.2) is 54.9 Å². The number of hydrogen-bond acceptors (Lipinski definition) is 8. The number of pyridine rings is 1. The molecular weight excluding hydrogens is 616 g/mol. The predicted molar refractivity (Wildman–Crippen MR) is 181 cm³/mol. The molecule has 1 saturated heterocycles. The highest BCUT2D eigenvalue weighted by Gasteiger charge is 2.33. The molecule has 11 heteroatoms. The van der Waals surface area contributed by atoms with Gasteiger partial charge < -0.3 is 19.7 Å². The van der Waals surface area contributed by atoms with Crippen LogP contribution in [0.4, 0.5) is 19.5 Å². The van der Waals surface area contributed by atoms with Gasteiger partial charge in [0.15, 0.2) is 0 Å². The van der Waals surface area contributed by atoms with Crippen molar-refractivity contribution in [3.8, 4) is 22.9 Å². The van der Waals surface area contributed by atoms with Crippen molar-refractivity contribution in [2.24, 2.45) is 5.41 Å². The van der Waals surface area contributed by atoms with E-state index in [0.717, 1.165) is 5.56 Å². The van der Waals surface area contributed by atoms with Crippen LogP contribution in [0.25, 0.3) is 22.0 Å². The van der Waals surface area contributed by atoms with Crippen LogP contribution < -0.4 is 10.1 Å². The number of nitrogens with one attached hydrogen (secondary N) is 1. The van der Waals surface area contributed by atoms with Crippen LogP contribution >= 0.6 is 0 Å². The van der Waals surface area contributed by atoms with Crippen LogP contribution in [0.5, 0.6) is 11.6 Å². The van der Waals surface area contributed by atoms with Crippen molar-refractivity contribution in [3.63, 3.8) is 0 Å². The fourth-order valence-corrected chi connectivity index (χ4v) is 5.83. The largest absolute Gasteiger partial charge is 0.444 e. The van der Waals surface area contributed by atoms with Crippen LogP contribution in [0.3, 0.4) is 0 Å². The number of carbonyl (C=O) groups is 2. The molecule has 1 aliphatic rings. The van der Waals surface area contributed by atoms with Crippen LogP contribution in [0.2, 0.25) is 0 Å². The second-order valence-electron chi connectivity index (χ2n) is 14.6. The zero-order valence-corrected chi connectivity index (χ0v) is 28.6. The standard InChI is InChI=1S/C37H43F2N5O4/c1-22-10-11-26-27(12-13-30(39)29(26)18-25(45)19-36(2,3)4)32(22)47-33-28(9-8-15-40-33)31-14-16-41-34(43-31)42-24-17-23(38)20-44(21-24)35(46)48-37(5,6)7/h8-16,23-24H,17-21H2,1-7H3,(H,41,42,43)/t23-,24-/m0/s1. The second kappa shape index (κ2) is 13.8. The van der Waals surface area contributed by atoms with Gasteiger partial charge in [-0.2, -0.15) is 0 Å². The summed E-state index contributed by atoms with van der Waals surface area (Å²) in [5, 5.41) is 4.43. The lowest BCUT2D eigenvalue weighted by Crippen LogP contribution is -2.51. The van der Waals surface area contributed by atoms with Crippen molar-refractivity contribution >= 4 is 28.6 Å². The van der Waals surface area contributed by atoms with Gasteiger partial charge in [0.05, 0.1) is 17.8 Å². The van der Waals surface area contributed by atoms with Gasteiger partial charge in [-0.1, -0.05) is 32.9 Å². The monoisotopic (exact) mass is 659 g/mol. The summed E-state index contributed by atoms with van der Waals surface area (Å²) in [6, 6.07) is 11.5. The first-order valence-corrected chi connectivity index (χ1v) is 16.1. The minimum absolute atomic E-state index is 0.0197. The number of fused-ring (bicyclic) bond motifs is 1. The van der Waals surface area contributed by atoms with Crippen LogP contribution in [0.1, 0.15) is 65.5 Å². The molecule has 4 aromatic rings. The van der Waals surface area contributed by atoms with E-state index in [0.29, 0.717) is 39.8 Å². The fraction of sp³-hybridized carbons (Fsp3) is 0.432. The lowest BCUT2D eigenvalue weighted by molar-refractivity contribution is -0.120. The van der Waals surface area contributed by atoms with Crippen molar-refractivity contribution in [2.75, 3.05) is 18.4 Å².